The lowest BCUT2D eigenvalue weighted by Crippen LogP contribution is -2.03. The van der Waals surface area contributed by atoms with Crippen molar-refractivity contribution in [1.29, 1.82) is 0 Å². The maximum Gasteiger partial charge on any atom is 0.147 e. The van der Waals surface area contributed by atoms with Gasteiger partial charge >= 0.3 is 0 Å². The second kappa shape index (κ2) is 14.3. The molecule has 14 aromatic rings. The van der Waals surface area contributed by atoms with Crippen LogP contribution in [0.4, 0.5) is 0 Å². The van der Waals surface area contributed by atoms with Crippen molar-refractivity contribution in [2.24, 2.45) is 0 Å². The molecule has 0 saturated heterocycles. The molecule has 0 atom stereocenters. The first-order valence-corrected chi connectivity index (χ1v) is 24.6. The number of pyridine rings is 4. The third-order valence-electron chi connectivity index (χ3n) is 14.6. The molecule has 10 heteroatoms. The summed E-state index contributed by atoms with van der Waals surface area (Å²) in [4.78, 5) is 19.3. The van der Waals surface area contributed by atoms with Crippen LogP contribution in [0.15, 0.2) is 146 Å². The predicted octanol–water partition coefficient (Wildman–Crippen LogP) is 15.3. The lowest BCUT2D eigenvalue weighted by Gasteiger charge is -2.17. The standard InChI is InChI=1S/C58H42N8S2/c1-31-33(3)63(35(5)53(31)65-46-21-25-59-30-45(46)41-16-11-23-61-57(41)65)48-28-37(26-43-39-14-7-9-19-50(39)67-55(43)48)38-27-44-40-15-8-10-20-51(40)68-56(44)49(29-38)64-34(4)32(2)54(36(64)6)66-47-18-13-22-60-52(47)42-17-12-24-62-58(42)66/h7-30H,1-6H3. The highest BCUT2D eigenvalue weighted by atomic mass is 32.1. The molecule has 4 aromatic carbocycles. The van der Waals surface area contributed by atoms with Gasteiger partial charge in [0.25, 0.3) is 0 Å². The first-order valence-electron chi connectivity index (χ1n) is 23.0. The highest BCUT2D eigenvalue weighted by molar-refractivity contribution is 7.26. The van der Waals surface area contributed by atoms with Crippen LogP contribution in [0.5, 0.6) is 0 Å². The molecule has 0 aliphatic carbocycles. The van der Waals surface area contributed by atoms with Crippen LogP contribution in [-0.2, 0) is 0 Å². The molecule has 0 radical (unpaired) electrons. The molecular formula is C58H42N8S2. The summed E-state index contributed by atoms with van der Waals surface area (Å²) in [6, 6.07) is 42.1. The summed E-state index contributed by atoms with van der Waals surface area (Å²) >= 11 is 3.75. The van der Waals surface area contributed by atoms with Crippen molar-refractivity contribution in [3.63, 3.8) is 0 Å². The molecule has 14 rings (SSSR count). The van der Waals surface area contributed by atoms with Crippen LogP contribution in [0.1, 0.15) is 33.9 Å². The number of nitrogens with zero attached hydrogens (tertiary/aromatic N) is 8. The van der Waals surface area contributed by atoms with Gasteiger partial charge in [0.2, 0.25) is 0 Å². The number of hydrogen-bond donors (Lipinski definition) is 0. The minimum Gasteiger partial charge on any atom is -0.315 e. The van der Waals surface area contributed by atoms with Crippen LogP contribution >= 0.6 is 22.7 Å². The van der Waals surface area contributed by atoms with E-state index in [0.717, 1.165) is 66.8 Å². The number of fused-ring (bicyclic) bond motifs is 12. The number of hydrogen-bond acceptors (Lipinski definition) is 6. The fraction of sp³-hybridized carbons (Fsp3) is 0.103. The van der Waals surface area contributed by atoms with Gasteiger partial charge in [-0.3, -0.25) is 19.1 Å². The van der Waals surface area contributed by atoms with E-state index in [2.05, 4.69) is 162 Å². The van der Waals surface area contributed by atoms with Crippen LogP contribution < -0.4 is 0 Å². The molecule has 0 unspecified atom stereocenters. The van der Waals surface area contributed by atoms with E-state index in [4.69, 9.17) is 15.0 Å². The van der Waals surface area contributed by atoms with Gasteiger partial charge in [-0.25, -0.2) is 9.97 Å². The van der Waals surface area contributed by atoms with Crippen molar-refractivity contribution in [2.45, 2.75) is 41.5 Å². The van der Waals surface area contributed by atoms with Crippen LogP contribution in [0, 0.1) is 41.5 Å². The molecule has 0 saturated carbocycles. The zero-order chi connectivity index (χ0) is 45.7. The van der Waals surface area contributed by atoms with Crippen molar-refractivity contribution < 1.29 is 0 Å². The van der Waals surface area contributed by atoms with Crippen LogP contribution in [0.3, 0.4) is 0 Å². The highest BCUT2D eigenvalue weighted by Gasteiger charge is 2.27. The molecule has 0 fully saturated rings. The predicted molar refractivity (Wildman–Crippen MR) is 285 cm³/mol. The van der Waals surface area contributed by atoms with E-state index in [1.807, 2.05) is 71.9 Å². The van der Waals surface area contributed by atoms with Crippen LogP contribution in [0.2, 0.25) is 0 Å². The first-order chi connectivity index (χ1) is 33.3. The zero-order valence-electron chi connectivity index (χ0n) is 38.3. The quantitative estimate of drug-likeness (QED) is 0.172. The normalized spacial score (nSPS) is 12.3. The van der Waals surface area contributed by atoms with Gasteiger partial charge in [-0.15, -0.1) is 22.7 Å². The van der Waals surface area contributed by atoms with Gasteiger partial charge in [0.05, 0.1) is 48.7 Å². The van der Waals surface area contributed by atoms with Crippen molar-refractivity contribution in [1.82, 2.24) is 38.2 Å². The molecule has 10 heterocycles. The summed E-state index contributed by atoms with van der Waals surface area (Å²) in [6.07, 6.45) is 9.51. The molecule has 0 amide bonds. The second-order valence-corrected chi connectivity index (χ2v) is 20.2. The Balaban J connectivity index is 1.05. The van der Waals surface area contributed by atoms with Crippen molar-refractivity contribution in [2.75, 3.05) is 0 Å². The Morgan fingerprint density at radius 2 is 0.897 bits per heavy atom. The zero-order valence-corrected chi connectivity index (χ0v) is 39.9. The van der Waals surface area contributed by atoms with E-state index in [1.165, 1.54) is 85.4 Å². The number of rotatable bonds is 5. The summed E-state index contributed by atoms with van der Waals surface area (Å²) < 4.78 is 14.7. The second-order valence-electron chi connectivity index (χ2n) is 18.1. The van der Waals surface area contributed by atoms with E-state index in [-0.39, 0.29) is 0 Å². The summed E-state index contributed by atoms with van der Waals surface area (Å²) in [7, 11) is 0. The molecular weight excluding hydrogens is 873 g/mol. The Morgan fingerprint density at radius 3 is 1.50 bits per heavy atom. The highest BCUT2D eigenvalue weighted by Crippen LogP contribution is 2.47. The fourth-order valence-corrected chi connectivity index (χ4v) is 13.8. The van der Waals surface area contributed by atoms with Gasteiger partial charge in [-0.1, -0.05) is 36.4 Å². The molecule has 68 heavy (non-hydrogen) atoms. The van der Waals surface area contributed by atoms with Gasteiger partial charge in [-0.05, 0) is 143 Å². The van der Waals surface area contributed by atoms with Crippen LogP contribution in [0.25, 0.3) is 118 Å². The maximum atomic E-state index is 4.98. The summed E-state index contributed by atoms with van der Waals surface area (Å²) in [5.41, 5.74) is 19.1. The third kappa shape index (κ3) is 5.24. The van der Waals surface area contributed by atoms with Gasteiger partial charge in [0, 0.05) is 101 Å². The molecule has 0 aliphatic rings. The molecule has 10 aromatic heterocycles. The molecule has 0 N–H and O–H groups in total. The average molecular weight is 915 g/mol. The minimum absolute atomic E-state index is 0.912. The topological polar surface area (TPSA) is 71.3 Å². The van der Waals surface area contributed by atoms with E-state index in [9.17, 15) is 0 Å². The van der Waals surface area contributed by atoms with Crippen molar-refractivity contribution in [3.8, 4) is 33.9 Å². The van der Waals surface area contributed by atoms with E-state index in [1.54, 1.807) is 0 Å². The van der Waals surface area contributed by atoms with E-state index in [0.29, 0.717) is 0 Å². The Bertz CT molecular complexity index is 4080. The minimum atomic E-state index is 0.912. The van der Waals surface area contributed by atoms with E-state index >= 15 is 0 Å². The lowest BCUT2D eigenvalue weighted by atomic mass is 9.98. The summed E-state index contributed by atoms with van der Waals surface area (Å²) in [5, 5.41) is 8.28. The maximum absolute atomic E-state index is 4.98. The third-order valence-corrected chi connectivity index (χ3v) is 17.0. The SMILES string of the molecule is Cc1c(-n2c3ccncc3c3cccnc32)c(C)n(-c2cc(-c3cc(-n4c(C)c(C)c(-n5c6cccnc6c6cccnc65)c4C)c4sc5ccccc5c4c3)cc3c2sc2ccccc23)c1C. The van der Waals surface area contributed by atoms with Crippen molar-refractivity contribution >= 4 is 107 Å². The monoisotopic (exact) mass is 914 g/mol. The molecule has 0 spiro atoms. The van der Waals surface area contributed by atoms with Crippen molar-refractivity contribution in [3.05, 3.63) is 180 Å². The molecule has 326 valence electrons. The number of benzene rings is 4. The Morgan fingerprint density at radius 1 is 0.397 bits per heavy atom. The largest absolute Gasteiger partial charge is 0.315 e. The van der Waals surface area contributed by atoms with Gasteiger partial charge in [0.15, 0.2) is 0 Å². The van der Waals surface area contributed by atoms with Crippen LogP contribution in [-0.4, -0.2) is 38.2 Å². The fourth-order valence-electron chi connectivity index (χ4n) is 11.4. The van der Waals surface area contributed by atoms with E-state index < -0.39 is 0 Å². The van der Waals surface area contributed by atoms with Gasteiger partial charge in [0.1, 0.15) is 11.3 Å². The smallest absolute Gasteiger partial charge is 0.147 e. The average Bonchev–Trinajstić information content (AvgIpc) is 4.19. The Labute approximate surface area is 398 Å². The first kappa shape index (κ1) is 39.3. The summed E-state index contributed by atoms with van der Waals surface area (Å²) in [6.45, 7) is 13.6. The van der Waals surface area contributed by atoms with Gasteiger partial charge in [-0.2, -0.15) is 0 Å². The number of aromatic nitrogens is 8. The lowest BCUT2D eigenvalue weighted by molar-refractivity contribution is 0.960. The summed E-state index contributed by atoms with van der Waals surface area (Å²) in [5.74, 6) is 0. The molecule has 8 nitrogen and oxygen atoms in total. The Kier molecular flexibility index (Phi) is 8.25. The molecule has 0 aliphatic heterocycles. The van der Waals surface area contributed by atoms with Gasteiger partial charge < -0.3 is 9.13 Å². The number of thiophene rings is 2. The molecule has 0 bridgehead atoms. The Hall–Kier alpha value is -7.92.